The van der Waals surface area contributed by atoms with Crippen LogP contribution in [0.4, 0.5) is 0 Å². The zero-order chi connectivity index (χ0) is 17.5. The molecular weight excluding hydrogens is 322 g/mol. The van der Waals surface area contributed by atoms with Crippen LogP contribution in [0.1, 0.15) is 28.3 Å². The first kappa shape index (κ1) is 15.5. The van der Waals surface area contributed by atoms with Crippen molar-refractivity contribution in [2.75, 3.05) is 13.7 Å². The SMILES string of the molecule is COc1ccc2c3c1Oc1ccccc1C3N(Cc1ccccc1)CC2. The maximum absolute atomic E-state index is 6.29. The molecule has 26 heavy (non-hydrogen) atoms. The molecule has 2 aliphatic heterocycles. The number of para-hydroxylation sites is 1. The van der Waals surface area contributed by atoms with E-state index in [4.69, 9.17) is 9.47 Å². The van der Waals surface area contributed by atoms with Crippen LogP contribution in [0.3, 0.4) is 0 Å². The van der Waals surface area contributed by atoms with Crippen molar-refractivity contribution in [3.8, 4) is 17.2 Å². The summed E-state index contributed by atoms with van der Waals surface area (Å²) in [4.78, 5) is 2.56. The third-order valence-corrected chi connectivity index (χ3v) is 5.43. The second-order valence-electron chi connectivity index (χ2n) is 6.92. The van der Waals surface area contributed by atoms with Crippen molar-refractivity contribution in [3.05, 3.63) is 89.0 Å². The van der Waals surface area contributed by atoms with E-state index in [1.165, 1.54) is 22.3 Å². The van der Waals surface area contributed by atoms with Crippen molar-refractivity contribution in [1.29, 1.82) is 0 Å². The first-order valence-corrected chi connectivity index (χ1v) is 9.09. The minimum Gasteiger partial charge on any atom is -0.493 e. The summed E-state index contributed by atoms with van der Waals surface area (Å²) < 4.78 is 11.9. The lowest BCUT2D eigenvalue weighted by Crippen LogP contribution is -2.37. The Bertz CT molecular complexity index is 952. The van der Waals surface area contributed by atoms with Gasteiger partial charge in [0.15, 0.2) is 11.5 Å². The van der Waals surface area contributed by atoms with E-state index in [-0.39, 0.29) is 6.04 Å². The standard InChI is InChI=1S/C23H21NO2/c1-25-20-12-11-17-13-14-24(15-16-7-3-2-4-8-16)22-18-9-5-6-10-19(18)26-23(20)21(17)22/h2-12,22H,13-15H2,1H3. The molecule has 3 aromatic rings. The van der Waals surface area contributed by atoms with Crippen LogP contribution >= 0.6 is 0 Å². The monoisotopic (exact) mass is 343 g/mol. The van der Waals surface area contributed by atoms with Gasteiger partial charge in [0.05, 0.1) is 13.2 Å². The van der Waals surface area contributed by atoms with Gasteiger partial charge in [0.2, 0.25) is 0 Å². The summed E-state index contributed by atoms with van der Waals surface area (Å²) in [6, 6.07) is 23.5. The Labute approximate surface area is 153 Å². The lowest BCUT2D eigenvalue weighted by atomic mass is 9.85. The van der Waals surface area contributed by atoms with E-state index >= 15 is 0 Å². The van der Waals surface area contributed by atoms with E-state index in [2.05, 4.69) is 59.5 Å². The lowest BCUT2D eigenvalue weighted by Gasteiger charge is -2.41. The number of nitrogens with zero attached hydrogens (tertiary/aromatic N) is 1. The fourth-order valence-electron chi connectivity index (χ4n) is 4.23. The van der Waals surface area contributed by atoms with Crippen LogP contribution < -0.4 is 9.47 Å². The highest BCUT2D eigenvalue weighted by Gasteiger charge is 2.38. The summed E-state index contributed by atoms with van der Waals surface area (Å²) >= 11 is 0. The molecule has 0 fully saturated rings. The van der Waals surface area contributed by atoms with Gasteiger partial charge in [0.1, 0.15) is 5.75 Å². The van der Waals surface area contributed by atoms with Gasteiger partial charge >= 0.3 is 0 Å². The van der Waals surface area contributed by atoms with Crippen LogP contribution in [0.2, 0.25) is 0 Å². The molecule has 1 atom stereocenters. The second kappa shape index (κ2) is 6.19. The highest BCUT2D eigenvalue weighted by molar-refractivity contribution is 5.62. The van der Waals surface area contributed by atoms with Crippen molar-refractivity contribution in [1.82, 2.24) is 4.90 Å². The smallest absolute Gasteiger partial charge is 0.174 e. The Morgan fingerprint density at radius 2 is 1.81 bits per heavy atom. The maximum atomic E-state index is 6.29. The quantitative estimate of drug-likeness (QED) is 0.672. The molecule has 0 amide bonds. The van der Waals surface area contributed by atoms with E-state index < -0.39 is 0 Å². The van der Waals surface area contributed by atoms with E-state index in [0.29, 0.717) is 0 Å². The first-order chi connectivity index (χ1) is 12.8. The van der Waals surface area contributed by atoms with E-state index in [0.717, 1.165) is 36.8 Å². The van der Waals surface area contributed by atoms with Crippen molar-refractivity contribution >= 4 is 0 Å². The zero-order valence-corrected chi connectivity index (χ0v) is 14.8. The number of ether oxygens (including phenoxy) is 2. The highest BCUT2D eigenvalue weighted by Crippen LogP contribution is 2.52. The number of benzene rings is 3. The molecule has 2 aliphatic rings. The van der Waals surface area contributed by atoms with Crippen LogP contribution in [0, 0.1) is 0 Å². The van der Waals surface area contributed by atoms with Crippen molar-refractivity contribution in [2.45, 2.75) is 19.0 Å². The van der Waals surface area contributed by atoms with Gasteiger partial charge in [-0.1, -0.05) is 54.6 Å². The average Bonchev–Trinajstić information content (AvgIpc) is 2.70. The van der Waals surface area contributed by atoms with Crippen LogP contribution in [0.15, 0.2) is 66.7 Å². The molecule has 0 N–H and O–H groups in total. The summed E-state index contributed by atoms with van der Waals surface area (Å²) in [7, 11) is 1.71. The van der Waals surface area contributed by atoms with Gasteiger partial charge in [-0.2, -0.15) is 0 Å². The van der Waals surface area contributed by atoms with Gasteiger partial charge in [0.25, 0.3) is 0 Å². The van der Waals surface area contributed by atoms with Gasteiger partial charge in [-0.25, -0.2) is 0 Å². The molecule has 2 heterocycles. The molecule has 0 saturated heterocycles. The molecular formula is C23H21NO2. The fourth-order valence-corrected chi connectivity index (χ4v) is 4.23. The van der Waals surface area contributed by atoms with Crippen molar-refractivity contribution in [2.24, 2.45) is 0 Å². The molecule has 5 rings (SSSR count). The third-order valence-electron chi connectivity index (χ3n) is 5.43. The number of hydrogen-bond donors (Lipinski definition) is 0. The minimum atomic E-state index is 0.203. The molecule has 3 nitrogen and oxygen atoms in total. The Balaban J connectivity index is 1.66. The van der Waals surface area contributed by atoms with E-state index in [9.17, 15) is 0 Å². The van der Waals surface area contributed by atoms with Gasteiger partial charge in [-0.15, -0.1) is 0 Å². The molecule has 130 valence electrons. The topological polar surface area (TPSA) is 21.7 Å². The summed E-state index contributed by atoms with van der Waals surface area (Å²) in [6.07, 6.45) is 1.03. The van der Waals surface area contributed by atoms with Crippen LogP contribution in [-0.2, 0) is 13.0 Å². The predicted molar refractivity (Wildman–Crippen MR) is 102 cm³/mol. The number of fused-ring (bicyclic) bond motifs is 2. The number of hydrogen-bond acceptors (Lipinski definition) is 3. The second-order valence-corrected chi connectivity index (χ2v) is 6.92. The van der Waals surface area contributed by atoms with Crippen molar-refractivity contribution in [3.63, 3.8) is 0 Å². The Hall–Kier alpha value is -2.78. The molecule has 0 spiro atoms. The molecule has 0 aromatic heterocycles. The molecule has 0 bridgehead atoms. The summed E-state index contributed by atoms with van der Waals surface area (Å²) in [5, 5.41) is 0. The van der Waals surface area contributed by atoms with Gasteiger partial charge in [-0.05, 0) is 29.7 Å². The summed E-state index contributed by atoms with van der Waals surface area (Å²) in [5.41, 5.74) is 5.21. The van der Waals surface area contributed by atoms with Crippen molar-refractivity contribution < 1.29 is 9.47 Å². The zero-order valence-electron chi connectivity index (χ0n) is 14.8. The summed E-state index contributed by atoms with van der Waals surface area (Å²) in [6.45, 7) is 1.96. The fraction of sp³-hybridized carbons (Fsp3) is 0.217. The summed E-state index contributed by atoms with van der Waals surface area (Å²) in [5.74, 6) is 2.62. The van der Waals surface area contributed by atoms with Gasteiger partial charge in [0, 0.05) is 24.2 Å². The minimum absolute atomic E-state index is 0.203. The average molecular weight is 343 g/mol. The largest absolute Gasteiger partial charge is 0.493 e. The molecule has 3 aromatic carbocycles. The maximum Gasteiger partial charge on any atom is 0.174 e. The number of methoxy groups -OCH3 is 1. The van der Waals surface area contributed by atoms with Crippen LogP contribution in [-0.4, -0.2) is 18.6 Å². The van der Waals surface area contributed by atoms with Gasteiger partial charge in [-0.3, -0.25) is 4.90 Å². The Morgan fingerprint density at radius 1 is 1.00 bits per heavy atom. The Morgan fingerprint density at radius 3 is 2.65 bits per heavy atom. The van der Waals surface area contributed by atoms with E-state index in [1.54, 1.807) is 7.11 Å². The lowest BCUT2D eigenvalue weighted by molar-refractivity contribution is 0.189. The normalized spacial score (nSPS) is 17.8. The highest BCUT2D eigenvalue weighted by atomic mass is 16.5. The van der Waals surface area contributed by atoms with Crippen LogP contribution in [0.25, 0.3) is 0 Å². The van der Waals surface area contributed by atoms with E-state index in [1.807, 2.05) is 12.1 Å². The molecule has 1 unspecified atom stereocenters. The molecule has 0 saturated carbocycles. The molecule has 0 radical (unpaired) electrons. The molecule has 0 aliphatic carbocycles. The van der Waals surface area contributed by atoms with Gasteiger partial charge < -0.3 is 9.47 Å². The first-order valence-electron chi connectivity index (χ1n) is 9.09. The van der Waals surface area contributed by atoms with Crippen LogP contribution in [0.5, 0.6) is 17.2 Å². The number of rotatable bonds is 3. The third kappa shape index (κ3) is 2.39. The Kier molecular flexibility index (Phi) is 3.68. The predicted octanol–water partition coefficient (Wildman–Crippen LogP) is 4.95. The molecule has 3 heteroatoms.